The van der Waals surface area contributed by atoms with Crippen LogP contribution in [0.4, 0.5) is 0 Å². The first-order valence-corrected chi connectivity index (χ1v) is 8.07. The molecule has 2 N–H and O–H groups in total. The Hall–Kier alpha value is -1.44. The van der Waals surface area contributed by atoms with Crippen molar-refractivity contribution >= 4 is 15.7 Å². The summed E-state index contributed by atoms with van der Waals surface area (Å²) in [7, 11) is -1.78. The lowest BCUT2D eigenvalue weighted by Gasteiger charge is -2.21. The number of rotatable bonds is 7. The van der Waals surface area contributed by atoms with Gasteiger partial charge in [-0.15, -0.1) is 0 Å². The van der Waals surface area contributed by atoms with Gasteiger partial charge >= 0.3 is 0 Å². The zero-order chi connectivity index (χ0) is 15.2. The second-order valence-corrected chi connectivity index (χ2v) is 6.39. The molecule has 1 amide bonds. The summed E-state index contributed by atoms with van der Waals surface area (Å²) in [6.45, 7) is 1.54. The number of hydrogen-bond acceptors (Lipinski definition) is 5. The van der Waals surface area contributed by atoms with Crippen molar-refractivity contribution in [1.29, 1.82) is 0 Å². The van der Waals surface area contributed by atoms with Gasteiger partial charge in [0.25, 0.3) is 5.91 Å². The molecule has 7 heteroatoms. The number of ether oxygens (including phenoxy) is 1. The molecule has 0 bridgehead atoms. The predicted molar refractivity (Wildman–Crippen MR) is 76.4 cm³/mol. The zero-order valence-electron chi connectivity index (χ0n) is 11.7. The lowest BCUT2D eigenvalue weighted by Crippen LogP contribution is -2.37. The van der Waals surface area contributed by atoms with Crippen molar-refractivity contribution in [1.82, 2.24) is 4.90 Å². The van der Waals surface area contributed by atoms with Crippen molar-refractivity contribution in [3.05, 3.63) is 29.8 Å². The van der Waals surface area contributed by atoms with E-state index in [9.17, 15) is 13.2 Å². The van der Waals surface area contributed by atoms with Crippen LogP contribution in [0.25, 0.3) is 0 Å². The number of sulfone groups is 1. The van der Waals surface area contributed by atoms with E-state index in [4.69, 9.17) is 10.5 Å². The van der Waals surface area contributed by atoms with E-state index in [2.05, 4.69) is 0 Å². The summed E-state index contributed by atoms with van der Waals surface area (Å²) in [5.41, 5.74) is 5.82. The molecule has 1 aromatic carbocycles. The predicted octanol–water partition coefficient (Wildman–Crippen LogP) is 0.137. The van der Waals surface area contributed by atoms with Gasteiger partial charge < -0.3 is 15.4 Å². The largest absolute Gasteiger partial charge is 0.383 e. The standard InChI is InChI=1S/C13H20N2O4S/c1-19-9-8-15(7-6-14)13(16)11-4-3-5-12(10-11)20(2,17)18/h3-5,10H,6-9,14H2,1-2H3. The van der Waals surface area contributed by atoms with Crippen molar-refractivity contribution in [2.45, 2.75) is 4.90 Å². The molecule has 0 spiro atoms. The van der Waals surface area contributed by atoms with Crippen LogP contribution < -0.4 is 5.73 Å². The molecule has 0 aliphatic heterocycles. The fraction of sp³-hybridized carbons (Fsp3) is 0.462. The van der Waals surface area contributed by atoms with Gasteiger partial charge in [0.05, 0.1) is 11.5 Å². The lowest BCUT2D eigenvalue weighted by atomic mass is 10.2. The molecule has 0 aromatic heterocycles. The minimum atomic E-state index is -3.33. The van der Waals surface area contributed by atoms with Crippen molar-refractivity contribution in [2.24, 2.45) is 5.73 Å². The molecule has 0 atom stereocenters. The molecule has 112 valence electrons. The van der Waals surface area contributed by atoms with Crippen LogP contribution in [0.1, 0.15) is 10.4 Å². The highest BCUT2D eigenvalue weighted by atomic mass is 32.2. The van der Waals surface area contributed by atoms with Gasteiger partial charge in [-0.2, -0.15) is 0 Å². The Morgan fingerprint density at radius 1 is 1.35 bits per heavy atom. The Morgan fingerprint density at radius 3 is 2.60 bits per heavy atom. The van der Waals surface area contributed by atoms with E-state index in [-0.39, 0.29) is 10.8 Å². The maximum atomic E-state index is 12.3. The summed E-state index contributed by atoms with van der Waals surface area (Å²) in [5.74, 6) is -0.252. The number of carbonyl (C=O) groups excluding carboxylic acids is 1. The van der Waals surface area contributed by atoms with Gasteiger partial charge in [-0.1, -0.05) is 6.07 Å². The number of methoxy groups -OCH3 is 1. The zero-order valence-corrected chi connectivity index (χ0v) is 12.5. The maximum absolute atomic E-state index is 12.3. The quantitative estimate of drug-likeness (QED) is 0.773. The van der Waals surface area contributed by atoms with Crippen molar-refractivity contribution in [3.8, 4) is 0 Å². The van der Waals surface area contributed by atoms with Crippen molar-refractivity contribution in [3.63, 3.8) is 0 Å². The Bertz CT molecular complexity index is 557. The fourth-order valence-corrected chi connectivity index (χ4v) is 2.38. The van der Waals surface area contributed by atoms with Crippen LogP contribution in [0, 0.1) is 0 Å². The molecular formula is C13H20N2O4S. The molecule has 20 heavy (non-hydrogen) atoms. The number of hydrogen-bond donors (Lipinski definition) is 1. The van der Waals surface area contributed by atoms with Crippen LogP contribution in [0.3, 0.4) is 0 Å². The van der Waals surface area contributed by atoms with Gasteiger partial charge in [0.1, 0.15) is 0 Å². The molecule has 1 aromatic rings. The second kappa shape index (κ2) is 7.37. The first-order valence-electron chi connectivity index (χ1n) is 6.18. The molecule has 0 radical (unpaired) electrons. The highest BCUT2D eigenvalue weighted by Gasteiger charge is 2.17. The molecule has 0 fully saturated rings. The molecule has 0 aliphatic carbocycles. The lowest BCUT2D eigenvalue weighted by molar-refractivity contribution is 0.0701. The Labute approximate surface area is 119 Å². The summed E-state index contributed by atoms with van der Waals surface area (Å²) in [5, 5.41) is 0. The number of nitrogens with two attached hydrogens (primary N) is 1. The van der Waals surface area contributed by atoms with Crippen LogP contribution in [-0.4, -0.2) is 58.8 Å². The molecule has 0 unspecified atom stereocenters. The monoisotopic (exact) mass is 300 g/mol. The van der Waals surface area contributed by atoms with Crippen LogP contribution in [-0.2, 0) is 14.6 Å². The molecule has 0 saturated carbocycles. The van der Waals surface area contributed by atoms with Gasteiger partial charge in [0, 0.05) is 38.6 Å². The maximum Gasteiger partial charge on any atom is 0.254 e. The average molecular weight is 300 g/mol. The van der Waals surface area contributed by atoms with E-state index in [1.54, 1.807) is 24.1 Å². The third-order valence-corrected chi connectivity index (χ3v) is 3.87. The third kappa shape index (κ3) is 4.59. The number of amides is 1. The van der Waals surface area contributed by atoms with E-state index in [0.717, 1.165) is 6.26 Å². The highest BCUT2D eigenvalue weighted by Crippen LogP contribution is 2.13. The van der Waals surface area contributed by atoms with Gasteiger partial charge in [-0.05, 0) is 18.2 Å². The van der Waals surface area contributed by atoms with E-state index in [0.29, 0.717) is 31.8 Å². The molecular weight excluding hydrogens is 280 g/mol. The molecule has 0 saturated heterocycles. The first-order chi connectivity index (χ1) is 9.40. The van der Waals surface area contributed by atoms with Crippen LogP contribution in [0.2, 0.25) is 0 Å². The van der Waals surface area contributed by atoms with E-state index < -0.39 is 9.84 Å². The number of nitrogens with zero attached hydrogens (tertiary/aromatic N) is 1. The van der Waals surface area contributed by atoms with Gasteiger partial charge in [0.15, 0.2) is 9.84 Å². The van der Waals surface area contributed by atoms with Crippen LogP contribution >= 0.6 is 0 Å². The first kappa shape index (κ1) is 16.6. The average Bonchev–Trinajstić information content (AvgIpc) is 2.42. The summed E-state index contributed by atoms with van der Waals surface area (Å²) >= 11 is 0. The second-order valence-electron chi connectivity index (χ2n) is 4.37. The van der Waals surface area contributed by atoms with E-state index in [1.165, 1.54) is 12.1 Å². The van der Waals surface area contributed by atoms with E-state index >= 15 is 0 Å². The Balaban J connectivity index is 2.99. The summed E-state index contributed by atoms with van der Waals surface area (Å²) in [4.78, 5) is 14.0. The summed E-state index contributed by atoms with van der Waals surface area (Å²) < 4.78 is 28.0. The molecule has 0 heterocycles. The normalized spacial score (nSPS) is 11.3. The summed E-state index contributed by atoms with van der Waals surface area (Å²) in [6, 6.07) is 6.00. The van der Waals surface area contributed by atoms with Gasteiger partial charge in [-0.25, -0.2) is 8.42 Å². The molecule has 1 rings (SSSR count). The van der Waals surface area contributed by atoms with Gasteiger partial charge in [-0.3, -0.25) is 4.79 Å². The third-order valence-electron chi connectivity index (χ3n) is 2.76. The smallest absolute Gasteiger partial charge is 0.254 e. The SMILES string of the molecule is COCCN(CCN)C(=O)c1cccc(S(C)(=O)=O)c1. The highest BCUT2D eigenvalue weighted by molar-refractivity contribution is 7.90. The van der Waals surface area contributed by atoms with E-state index in [1.807, 2.05) is 0 Å². The Morgan fingerprint density at radius 2 is 2.05 bits per heavy atom. The van der Waals surface area contributed by atoms with Crippen molar-refractivity contribution < 1.29 is 17.9 Å². The number of carbonyl (C=O) groups is 1. The molecule has 6 nitrogen and oxygen atoms in total. The Kier molecular flexibility index (Phi) is 6.12. The van der Waals surface area contributed by atoms with Crippen LogP contribution in [0.15, 0.2) is 29.2 Å². The van der Waals surface area contributed by atoms with Crippen LogP contribution in [0.5, 0.6) is 0 Å². The minimum absolute atomic E-state index is 0.128. The summed E-state index contributed by atoms with van der Waals surface area (Å²) in [6.07, 6.45) is 1.11. The topological polar surface area (TPSA) is 89.7 Å². The van der Waals surface area contributed by atoms with Gasteiger partial charge in [0.2, 0.25) is 0 Å². The fourth-order valence-electron chi connectivity index (χ4n) is 1.71. The minimum Gasteiger partial charge on any atom is -0.383 e. The molecule has 0 aliphatic rings. The van der Waals surface area contributed by atoms with Crippen molar-refractivity contribution in [2.75, 3.05) is 39.6 Å². The number of benzene rings is 1.